The minimum Gasteiger partial charge on any atom is -0.508 e. The summed E-state index contributed by atoms with van der Waals surface area (Å²) in [6.07, 6.45) is -9.36. The number of rotatable bonds is 59. The average molecular weight is 1810 g/mol. The molecule has 0 aliphatic heterocycles. The number of aromatic hydroxyl groups is 1. The highest BCUT2D eigenvalue weighted by atomic mass is 32.1. The maximum absolute atomic E-state index is 14.9. The van der Waals surface area contributed by atoms with Gasteiger partial charge in [0, 0.05) is 50.7 Å². The number of unbranched alkanes of at least 4 members (excludes halogenated alkanes) is 1. The summed E-state index contributed by atoms with van der Waals surface area (Å²) in [6, 6.07) is 6.39. The van der Waals surface area contributed by atoms with Crippen LogP contribution in [0.5, 0.6) is 5.75 Å². The Morgan fingerprint density at radius 2 is 0.625 bits per heavy atom. The van der Waals surface area contributed by atoms with Crippen LogP contribution in [-0.4, -0.2) is 251 Å². The van der Waals surface area contributed by atoms with Crippen LogP contribution in [0.15, 0.2) is 115 Å². The molecule has 0 heterocycles. The number of nitrogens with two attached hydrogens (primary N) is 3. The molecule has 44 heteroatoms. The van der Waals surface area contributed by atoms with Crippen molar-refractivity contribution in [2.75, 3.05) is 12.3 Å². The number of benzene rings is 4. The molecular weight excluding hydrogens is 1700 g/mol. The summed E-state index contributed by atoms with van der Waals surface area (Å²) in [6.45, 7) is 6.39. The van der Waals surface area contributed by atoms with Crippen molar-refractivity contribution in [1.82, 2.24) is 69.1 Å². The number of carbonyl (C=O) groups excluding carboxylic acids is 14. The topological polar surface area (TPSA) is 717 Å². The zero-order valence-corrected chi connectivity index (χ0v) is 71.7. The molecule has 0 aliphatic rings. The zero-order chi connectivity index (χ0) is 95.4. The van der Waals surface area contributed by atoms with Gasteiger partial charge in [-0.05, 0) is 104 Å². The van der Waals surface area contributed by atoms with Crippen LogP contribution in [0, 0.1) is 11.8 Å². The SMILES string of the molecule is CC[C@H](C)[C@H](NC(=O)[C@H](Cc1ccc(O)cc1)NC(=O)[C@@H](N)Cc1ccccc1)C(=O)N[C@@H](CS)C(=O)N[C@@H](Cc1ccccc1)C(=O)N[C@H](C(=O)N[C@@H](CCC(=O)O)C(=O)N[C@@H](Cc1ccccc1)C(=O)N[C@@H](CCC(N)=O)C(=O)N[C@@H](CCCCN)C(=O)N[C@@H](CCC(=O)O)C(=O)N[C@@H](CCC(=O)O)C(=O)N[C@@H](CC(=O)O)C(=O)N[C@@H](CC(=O)O)C(=O)O)C(C)C. The Kier molecular flexibility index (Phi) is 45.8. The van der Waals surface area contributed by atoms with E-state index in [9.17, 15) is 127 Å². The van der Waals surface area contributed by atoms with Crippen molar-refractivity contribution in [1.29, 1.82) is 0 Å². The van der Waals surface area contributed by atoms with Gasteiger partial charge in [0.05, 0.1) is 18.9 Å². The minimum absolute atomic E-state index is 0.00483. The summed E-state index contributed by atoms with van der Waals surface area (Å²) in [5, 5.41) is 98.7. The Hall–Kier alpha value is -13.6. The zero-order valence-electron chi connectivity index (χ0n) is 70.8. The lowest BCUT2D eigenvalue weighted by Gasteiger charge is -2.30. The molecule has 0 aliphatic carbocycles. The third kappa shape index (κ3) is 38.9. The molecule has 0 unspecified atom stereocenters. The highest BCUT2D eigenvalue weighted by Gasteiger charge is 2.40. The normalized spacial score (nSPS) is 14.5. The third-order valence-electron chi connectivity index (χ3n) is 20.1. The smallest absolute Gasteiger partial charge is 0.326 e. The second-order valence-electron chi connectivity index (χ2n) is 30.6. The van der Waals surface area contributed by atoms with Crippen molar-refractivity contribution in [3.63, 3.8) is 0 Å². The molecule has 14 amide bonds. The lowest BCUT2D eigenvalue weighted by Crippen LogP contribution is -2.62. The minimum atomic E-state index is -2.22. The molecule has 4 aromatic rings. The van der Waals surface area contributed by atoms with E-state index in [1.807, 2.05) is 5.32 Å². The Balaban J connectivity index is 1.65. The van der Waals surface area contributed by atoms with E-state index in [1.165, 1.54) is 50.2 Å². The maximum Gasteiger partial charge on any atom is 0.326 e. The first kappa shape index (κ1) is 107. The Morgan fingerprint density at radius 1 is 0.328 bits per heavy atom. The monoisotopic (exact) mass is 1810 g/mol. The standard InChI is InChI=1S/C84H114N16O27S/c1-5-45(4)70(100-80(122)58(40-49-24-26-50(101)27-25-49)93-71(113)51(86)37-46-17-9-6-10-18-46)83(125)98-62(43-128)81(123)95-59(39-48-21-13-8-14-22-48)79(121)99-69(44(2)3)82(124)92-56(31-35-66(107)108)76(118)94-57(38-47-19-11-7-12-20-47)77(119)91-53(28-32-63(87)102)73(115)88-52(23-15-16-36-85)72(114)89-54(29-33-64(103)104)74(116)90-55(30-34-65(105)106)75(117)96-60(41-67(109)110)78(120)97-61(84(126)127)42-68(111)112/h6-14,17-22,24-27,44-45,51-62,69-70,101,128H,5,15-16,23,28-43,85-86H2,1-4H3,(H2,87,102)(H,88,115)(H,89,114)(H,90,116)(H,91,119)(H,92,124)(H,93,113)(H,94,118)(H,95,123)(H,96,117)(H,97,120)(H,98,125)(H,99,121)(H,100,122)(H,103,104)(H,105,106)(H,107,108)(H,109,110)(H,111,112)(H,126,127)/t45-,51-,52-,53-,54-,55-,56-,57-,58-,59-,60-,61-,62-,69-,70-/m0/s1. The number of aliphatic carboxylic acids is 6. The number of primary amides is 1. The molecular formula is C84H114N16O27S. The molecule has 0 saturated heterocycles. The number of nitrogens with one attached hydrogen (secondary N) is 13. The van der Waals surface area contributed by atoms with Crippen LogP contribution in [0.3, 0.4) is 0 Å². The quantitative estimate of drug-likeness (QED) is 0.0154. The number of phenolic OH excluding ortho intramolecular Hbond substituents is 1. The van der Waals surface area contributed by atoms with E-state index in [2.05, 4.69) is 71.1 Å². The van der Waals surface area contributed by atoms with Gasteiger partial charge in [-0.15, -0.1) is 0 Å². The Morgan fingerprint density at radius 3 is 0.992 bits per heavy atom. The Labute approximate surface area is 741 Å². The molecule has 0 radical (unpaired) electrons. The summed E-state index contributed by atoms with van der Waals surface area (Å²) in [4.78, 5) is 270. The van der Waals surface area contributed by atoms with Gasteiger partial charge in [0.25, 0.3) is 0 Å². The lowest BCUT2D eigenvalue weighted by atomic mass is 9.96. The third-order valence-corrected chi connectivity index (χ3v) is 20.4. The highest BCUT2D eigenvalue weighted by Crippen LogP contribution is 2.18. The van der Waals surface area contributed by atoms with Crippen LogP contribution >= 0.6 is 12.6 Å². The highest BCUT2D eigenvalue weighted by molar-refractivity contribution is 7.80. The van der Waals surface area contributed by atoms with Crippen LogP contribution in [-0.2, 0) is 122 Å². The fraction of sp³-hybridized carbons (Fsp3) is 0.476. The number of amides is 14. The first-order valence-corrected chi connectivity index (χ1v) is 41.7. The number of carboxylic acids is 6. The van der Waals surface area contributed by atoms with E-state index in [4.69, 9.17) is 22.3 Å². The molecule has 0 saturated carbocycles. The van der Waals surface area contributed by atoms with Gasteiger partial charge in [0.2, 0.25) is 82.7 Å². The van der Waals surface area contributed by atoms with Gasteiger partial charge >= 0.3 is 35.8 Å². The van der Waals surface area contributed by atoms with Crippen molar-refractivity contribution in [2.45, 2.75) is 228 Å². The summed E-state index contributed by atoms with van der Waals surface area (Å²) in [5.41, 5.74) is 19.7. The van der Waals surface area contributed by atoms with Crippen molar-refractivity contribution in [2.24, 2.45) is 29.0 Å². The van der Waals surface area contributed by atoms with Gasteiger partial charge in [0.15, 0.2) is 0 Å². The number of hydrogen-bond donors (Lipinski definition) is 24. The molecule has 0 aromatic heterocycles. The summed E-state index contributed by atoms with van der Waals surface area (Å²) < 4.78 is 0. The number of carboxylic acid groups (broad SMARTS) is 6. The van der Waals surface area contributed by atoms with Crippen LogP contribution in [0.25, 0.3) is 0 Å². The number of hydrogen-bond acceptors (Lipinski definition) is 24. The van der Waals surface area contributed by atoms with Gasteiger partial charge in [-0.2, -0.15) is 12.6 Å². The van der Waals surface area contributed by atoms with Crippen molar-refractivity contribution >= 4 is 131 Å². The van der Waals surface area contributed by atoms with E-state index in [0.717, 1.165) is 5.56 Å². The van der Waals surface area contributed by atoms with E-state index >= 15 is 0 Å². The average Bonchev–Trinajstić information content (AvgIpc) is 0.874. The number of phenols is 1. The van der Waals surface area contributed by atoms with Crippen LogP contribution in [0.4, 0.5) is 0 Å². The first-order valence-electron chi connectivity index (χ1n) is 41.0. The van der Waals surface area contributed by atoms with E-state index in [1.54, 1.807) is 98.0 Å². The number of carbonyl (C=O) groups is 20. The maximum atomic E-state index is 14.9. The van der Waals surface area contributed by atoms with Crippen LogP contribution in [0.2, 0.25) is 0 Å². The number of thiol groups is 1. The predicted octanol–water partition coefficient (Wildman–Crippen LogP) is -3.05. The molecule has 4 rings (SSSR count). The molecule has 0 fully saturated rings. The molecule has 15 atom stereocenters. The van der Waals surface area contributed by atoms with E-state index < -0.39 is 291 Å². The Bertz CT molecular complexity index is 4500. The molecule has 698 valence electrons. The van der Waals surface area contributed by atoms with E-state index in [-0.39, 0.29) is 50.8 Å². The second-order valence-corrected chi connectivity index (χ2v) is 31.0. The summed E-state index contributed by atoms with van der Waals surface area (Å²) >= 11 is 4.38. The molecule has 0 bridgehead atoms. The largest absolute Gasteiger partial charge is 0.508 e. The predicted molar refractivity (Wildman–Crippen MR) is 458 cm³/mol. The summed E-state index contributed by atoms with van der Waals surface area (Å²) in [5.74, 6) is -27.8. The molecule has 0 spiro atoms. The molecule has 128 heavy (non-hydrogen) atoms. The fourth-order valence-corrected chi connectivity index (χ4v) is 13.0. The molecule has 4 aromatic carbocycles. The van der Waals surface area contributed by atoms with Gasteiger partial charge in [-0.25, -0.2) is 4.79 Å². The second kappa shape index (κ2) is 55.0. The van der Waals surface area contributed by atoms with Gasteiger partial charge in [-0.1, -0.05) is 137 Å². The van der Waals surface area contributed by atoms with Gasteiger partial charge in [-0.3, -0.25) is 91.1 Å². The van der Waals surface area contributed by atoms with Crippen molar-refractivity contribution < 1.29 is 132 Å². The van der Waals surface area contributed by atoms with Crippen molar-refractivity contribution in [3.8, 4) is 5.75 Å². The van der Waals surface area contributed by atoms with Gasteiger partial charge in [0.1, 0.15) is 84.3 Å². The van der Waals surface area contributed by atoms with Crippen LogP contribution < -0.4 is 86.3 Å². The molecule has 26 N–H and O–H groups in total. The van der Waals surface area contributed by atoms with E-state index in [0.29, 0.717) is 23.1 Å². The first-order chi connectivity index (χ1) is 60.5. The van der Waals surface area contributed by atoms with Crippen LogP contribution in [0.1, 0.15) is 140 Å². The fourth-order valence-electron chi connectivity index (χ4n) is 12.8. The van der Waals surface area contributed by atoms with Gasteiger partial charge < -0.3 is 122 Å². The molecule has 43 nitrogen and oxygen atoms in total. The van der Waals surface area contributed by atoms with Crippen molar-refractivity contribution in [3.05, 3.63) is 138 Å². The summed E-state index contributed by atoms with van der Waals surface area (Å²) in [7, 11) is 0. The lowest BCUT2D eigenvalue weighted by molar-refractivity contribution is -0.148.